The molecule has 4 aliphatic rings. The Bertz CT molecular complexity index is 971. The summed E-state index contributed by atoms with van der Waals surface area (Å²) in [5.41, 5.74) is 1.31. The van der Waals surface area contributed by atoms with Crippen LogP contribution in [0, 0.1) is 28.6 Å². The van der Waals surface area contributed by atoms with E-state index in [1.807, 2.05) is 18.2 Å². The lowest BCUT2D eigenvalue weighted by Crippen LogP contribution is -2.51. The first-order valence-electron chi connectivity index (χ1n) is 11.2. The van der Waals surface area contributed by atoms with E-state index >= 15 is 0 Å². The fourth-order valence-corrected chi connectivity index (χ4v) is 6.72. The normalized spacial score (nSPS) is 30.0. The summed E-state index contributed by atoms with van der Waals surface area (Å²) in [7, 11) is 0. The number of hydrogen-bond donors (Lipinski definition) is 2. The molecule has 6 nitrogen and oxygen atoms in total. The zero-order valence-corrected chi connectivity index (χ0v) is 17.9. The number of amides is 1. The van der Waals surface area contributed by atoms with Gasteiger partial charge in [0.1, 0.15) is 11.3 Å². The Morgan fingerprint density at radius 2 is 1.80 bits per heavy atom. The van der Waals surface area contributed by atoms with Crippen molar-refractivity contribution in [3.63, 3.8) is 0 Å². The molecule has 0 aliphatic heterocycles. The van der Waals surface area contributed by atoms with Crippen LogP contribution in [0.5, 0.6) is 0 Å². The maximum atomic E-state index is 13.1. The Kier molecular flexibility index (Phi) is 4.46. The maximum absolute atomic E-state index is 13.1. The minimum atomic E-state index is -0.904. The summed E-state index contributed by atoms with van der Waals surface area (Å²) in [4.78, 5) is 29.1. The van der Waals surface area contributed by atoms with Gasteiger partial charge in [-0.2, -0.15) is 0 Å². The molecular formula is C24H31N3O3. The minimum absolute atomic E-state index is 0.0715. The van der Waals surface area contributed by atoms with Crippen LogP contribution in [0.3, 0.4) is 0 Å². The molecule has 4 bridgehead atoms. The van der Waals surface area contributed by atoms with Gasteiger partial charge in [0.05, 0.1) is 11.1 Å². The Balaban J connectivity index is 1.33. The number of carboxylic acids is 1. The first kappa shape index (κ1) is 19.6. The van der Waals surface area contributed by atoms with Crippen LogP contribution in [-0.4, -0.2) is 32.9 Å². The van der Waals surface area contributed by atoms with Crippen molar-refractivity contribution < 1.29 is 14.7 Å². The second-order valence-corrected chi connectivity index (χ2v) is 10.8. The van der Waals surface area contributed by atoms with Crippen molar-refractivity contribution in [3.8, 4) is 0 Å². The smallest absolute Gasteiger partial charge is 0.309 e. The van der Waals surface area contributed by atoms with Crippen molar-refractivity contribution in [2.24, 2.45) is 28.6 Å². The average molecular weight is 410 g/mol. The molecule has 6 rings (SSSR count). The van der Waals surface area contributed by atoms with Crippen LogP contribution < -0.4 is 5.32 Å². The van der Waals surface area contributed by atoms with Crippen molar-refractivity contribution in [2.75, 3.05) is 6.54 Å². The number of fused-ring (bicyclic) bond motifs is 1. The average Bonchev–Trinajstić information content (AvgIpc) is 3.06. The number of carboxylic acid groups (broad SMARTS) is 1. The number of rotatable bonds is 6. The Morgan fingerprint density at radius 1 is 1.17 bits per heavy atom. The SMILES string of the molecule is CC(C)(Cc1cn2c(C(=O)NCC34CC5CC(CC(C5)C3)C4)cccc2n1)C(=O)O. The Morgan fingerprint density at radius 3 is 2.40 bits per heavy atom. The van der Waals surface area contributed by atoms with Crippen LogP contribution in [0.15, 0.2) is 24.4 Å². The van der Waals surface area contributed by atoms with Crippen molar-refractivity contribution in [2.45, 2.75) is 58.8 Å². The second-order valence-electron chi connectivity index (χ2n) is 10.8. The number of aromatic nitrogens is 2. The summed E-state index contributed by atoms with van der Waals surface area (Å²) < 4.78 is 1.79. The Labute approximate surface area is 177 Å². The molecule has 0 saturated heterocycles. The first-order valence-corrected chi connectivity index (χ1v) is 11.2. The molecule has 2 aromatic heterocycles. The molecule has 0 aromatic carbocycles. The molecule has 1 amide bonds. The predicted octanol–water partition coefficient (Wildman–Crippen LogP) is 3.93. The molecule has 30 heavy (non-hydrogen) atoms. The molecule has 0 unspecified atom stereocenters. The van der Waals surface area contributed by atoms with E-state index in [1.54, 1.807) is 24.4 Å². The van der Waals surface area contributed by atoms with Crippen LogP contribution in [0.25, 0.3) is 5.65 Å². The highest BCUT2D eigenvalue weighted by molar-refractivity contribution is 5.93. The summed E-state index contributed by atoms with van der Waals surface area (Å²) in [6, 6.07) is 5.51. The van der Waals surface area contributed by atoms with Gasteiger partial charge in [0, 0.05) is 19.2 Å². The van der Waals surface area contributed by atoms with Gasteiger partial charge in [-0.1, -0.05) is 6.07 Å². The second kappa shape index (κ2) is 6.82. The first-order chi connectivity index (χ1) is 14.2. The third-order valence-corrected chi connectivity index (χ3v) is 7.77. The monoisotopic (exact) mass is 409 g/mol. The van der Waals surface area contributed by atoms with E-state index in [0.717, 1.165) is 24.3 Å². The molecule has 0 radical (unpaired) electrons. The van der Waals surface area contributed by atoms with E-state index in [2.05, 4.69) is 10.3 Å². The lowest BCUT2D eigenvalue weighted by molar-refractivity contribution is -0.146. The lowest BCUT2D eigenvalue weighted by Gasteiger charge is -2.56. The standard InChI is InChI=1S/C24H31N3O3/c1-23(2,22(29)30)12-18-13-27-19(4-3-5-20(27)26-18)21(28)25-14-24-9-15-6-16(10-24)8-17(7-15)11-24/h3-5,13,15-17H,6-12,14H2,1-2H3,(H,25,28)(H,29,30). The molecular weight excluding hydrogens is 378 g/mol. The molecule has 2 aromatic rings. The highest BCUT2D eigenvalue weighted by Gasteiger charge is 2.50. The summed E-state index contributed by atoms with van der Waals surface area (Å²) in [6.45, 7) is 4.15. The summed E-state index contributed by atoms with van der Waals surface area (Å²) in [5.74, 6) is 1.67. The number of nitrogens with one attached hydrogen (secondary N) is 1. The fraction of sp³-hybridized carbons (Fsp3) is 0.625. The van der Waals surface area contributed by atoms with Crippen molar-refractivity contribution in [3.05, 3.63) is 35.8 Å². The summed E-state index contributed by atoms with van der Waals surface area (Å²) in [6.07, 6.45) is 10.1. The third kappa shape index (κ3) is 3.40. The number of pyridine rings is 1. The maximum Gasteiger partial charge on any atom is 0.309 e. The van der Waals surface area contributed by atoms with E-state index in [9.17, 15) is 14.7 Å². The van der Waals surface area contributed by atoms with Gasteiger partial charge in [0.25, 0.3) is 5.91 Å². The van der Waals surface area contributed by atoms with Gasteiger partial charge in [0.2, 0.25) is 0 Å². The molecule has 2 heterocycles. The molecule has 6 heteroatoms. The van der Waals surface area contributed by atoms with E-state index in [0.29, 0.717) is 28.9 Å². The Hall–Kier alpha value is -2.37. The van der Waals surface area contributed by atoms with Gasteiger partial charge in [-0.15, -0.1) is 0 Å². The van der Waals surface area contributed by atoms with Gasteiger partial charge in [-0.25, -0.2) is 4.98 Å². The predicted molar refractivity (Wildman–Crippen MR) is 113 cm³/mol. The summed E-state index contributed by atoms with van der Waals surface area (Å²) in [5, 5.41) is 12.7. The highest BCUT2D eigenvalue weighted by Crippen LogP contribution is 2.59. The lowest BCUT2D eigenvalue weighted by atomic mass is 9.49. The van der Waals surface area contributed by atoms with Crippen LogP contribution >= 0.6 is 0 Å². The molecule has 2 N–H and O–H groups in total. The number of aliphatic carboxylic acids is 1. The van der Waals surface area contributed by atoms with Crippen molar-refractivity contribution in [1.82, 2.24) is 14.7 Å². The molecule has 4 fully saturated rings. The van der Waals surface area contributed by atoms with Gasteiger partial charge in [-0.3, -0.25) is 14.0 Å². The van der Waals surface area contributed by atoms with Crippen molar-refractivity contribution >= 4 is 17.5 Å². The number of carbonyl (C=O) groups excluding carboxylic acids is 1. The highest BCUT2D eigenvalue weighted by atomic mass is 16.4. The molecule has 0 atom stereocenters. The minimum Gasteiger partial charge on any atom is -0.481 e. The fourth-order valence-electron chi connectivity index (χ4n) is 6.72. The van der Waals surface area contributed by atoms with Crippen molar-refractivity contribution in [1.29, 1.82) is 0 Å². The zero-order chi connectivity index (χ0) is 21.1. The van der Waals surface area contributed by atoms with E-state index in [-0.39, 0.29) is 5.91 Å². The van der Waals surface area contributed by atoms with E-state index < -0.39 is 11.4 Å². The van der Waals surface area contributed by atoms with Gasteiger partial charge >= 0.3 is 5.97 Å². The van der Waals surface area contributed by atoms with Gasteiger partial charge < -0.3 is 10.4 Å². The van der Waals surface area contributed by atoms with Crippen LogP contribution in [0.2, 0.25) is 0 Å². The number of imidazole rings is 1. The van der Waals surface area contributed by atoms with Gasteiger partial charge in [0.15, 0.2) is 0 Å². The number of nitrogens with zero attached hydrogens (tertiary/aromatic N) is 2. The molecule has 4 aliphatic carbocycles. The molecule has 160 valence electrons. The van der Waals surface area contributed by atoms with Crippen LogP contribution in [-0.2, 0) is 11.2 Å². The van der Waals surface area contributed by atoms with E-state index in [4.69, 9.17) is 0 Å². The van der Waals surface area contributed by atoms with Crippen LogP contribution in [0.1, 0.15) is 68.6 Å². The van der Waals surface area contributed by atoms with Gasteiger partial charge in [-0.05, 0) is 87.7 Å². The quantitative estimate of drug-likeness (QED) is 0.757. The molecule has 0 spiro atoms. The zero-order valence-electron chi connectivity index (χ0n) is 17.9. The number of hydrogen-bond acceptors (Lipinski definition) is 3. The topological polar surface area (TPSA) is 83.7 Å². The number of carbonyl (C=O) groups is 2. The van der Waals surface area contributed by atoms with Crippen LogP contribution in [0.4, 0.5) is 0 Å². The third-order valence-electron chi connectivity index (χ3n) is 7.77. The largest absolute Gasteiger partial charge is 0.481 e. The van der Waals surface area contributed by atoms with E-state index in [1.165, 1.54) is 38.5 Å². The molecule has 4 saturated carbocycles. The summed E-state index contributed by atoms with van der Waals surface area (Å²) >= 11 is 0.